The summed E-state index contributed by atoms with van der Waals surface area (Å²) >= 11 is 0. The van der Waals surface area contributed by atoms with Gasteiger partial charge < -0.3 is 9.88 Å². The van der Waals surface area contributed by atoms with Gasteiger partial charge in [-0.1, -0.05) is 27.2 Å². The van der Waals surface area contributed by atoms with E-state index in [-0.39, 0.29) is 5.92 Å². The molecule has 0 bridgehead atoms. The number of urea groups is 1. The lowest BCUT2D eigenvalue weighted by Gasteiger charge is -2.14. The standard InChI is InChI=1S/C18H28N6O4/c1-5-7-8-22-11-20-15-14(22)16(26)24(18(28)23(15)9-12(3)4)10-13(25)21-17(27)19-6-2/h11-12H,5-10H2,1-4H3,(H2,19,21,25,27). The maximum Gasteiger partial charge on any atom is 0.333 e. The Bertz CT molecular complexity index is 969. The van der Waals surface area contributed by atoms with E-state index in [0.29, 0.717) is 30.8 Å². The van der Waals surface area contributed by atoms with E-state index in [2.05, 4.69) is 15.6 Å². The fraction of sp³-hybridized carbons (Fsp3) is 0.611. The van der Waals surface area contributed by atoms with Crippen LogP contribution in [0.1, 0.15) is 40.5 Å². The quantitative estimate of drug-likeness (QED) is 0.684. The second kappa shape index (κ2) is 9.34. The number of fused-ring (bicyclic) bond motifs is 1. The van der Waals surface area contributed by atoms with E-state index in [1.165, 1.54) is 4.57 Å². The van der Waals surface area contributed by atoms with Crippen LogP contribution in [0.3, 0.4) is 0 Å². The van der Waals surface area contributed by atoms with Gasteiger partial charge in [-0.25, -0.2) is 19.1 Å². The SMILES string of the molecule is CCCCn1cnc2c1c(=O)n(CC(=O)NC(=O)NCC)c(=O)n2CC(C)C. The van der Waals surface area contributed by atoms with Crippen LogP contribution in [0.4, 0.5) is 4.79 Å². The number of aryl methyl sites for hydroxylation is 1. The zero-order valence-electron chi connectivity index (χ0n) is 16.8. The van der Waals surface area contributed by atoms with Gasteiger partial charge in [0.25, 0.3) is 5.56 Å². The van der Waals surface area contributed by atoms with Gasteiger partial charge in [-0.2, -0.15) is 0 Å². The molecule has 0 aliphatic heterocycles. The molecule has 3 amide bonds. The summed E-state index contributed by atoms with van der Waals surface area (Å²) in [5, 5.41) is 4.55. The second-order valence-corrected chi connectivity index (χ2v) is 7.05. The Labute approximate surface area is 162 Å². The largest absolute Gasteiger partial charge is 0.338 e. The number of rotatable bonds is 8. The summed E-state index contributed by atoms with van der Waals surface area (Å²) in [5.74, 6) is -0.600. The number of amides is 3. The van der Waals surface area contributed by atoms with Crippen LogP contribution in [0.5, 0.6) is 0 Å². The fourth-order valence-electron chi connectivity index (χ4n) is 2.92. The molecule has 0 spiro atoms. The van der Waals surface area contributed by atoms with Crippen molar-refractivity contribution in [2.24, 2.45) is 5.92 Å². The number of hydrogen-bond acceptors (Lipinski definition) is 5. The van der Waals surface area contributed by atoms with E-state index in [4.69, 9.17) is 0 Å². The Morgan fingerprint density at radius 2 is 1.89 bits per heavy atom. The molecule has 154 valence electrons. The third-order valence-electron chi connectivity index (χ3n) is 4.18. The van der Waals surface area contributed by atoms with Gasteiger partial charge in [-0.3, -0.25) is 19.5 Å². The second-order valence-electron chi connectivity index (χ2n) is 7.05. The average molecular weight is 392 g/mol. The van der Waals surface area contributed by atoms with Crippen molar-refractivity contribution in [1.29, 1.82) is 0 Å². The van der Waals surface area contributed by atoms with Crippen LogP contribution in [-0.4, -0.2) is 37.2 Å². The molecule has 0 saturated heterocycles. The monoisotopic (exact) mass is 392 g/mol. The van der Waals surface area contributed by atoms with Gasteiger partial charge in [0.15, 0.2) is 11.2 Å². The van der Waals surface area contributed by atoms with Gasteiger partial charge in [-0.05, 0) is 19.3 Å². The molecule has 0 unspecified atom stereocenters. The molecule has 2 aromatic rings. The fourth-order valence-corrected chi connectivity index (χ4v) is 2.92. The van der Waals surface area contributed by atoms with Crippen LogP contribution in [0, 0.1) is 5.92 Å². The molecule has 0 aliphatic carbocycles. The normalized spacial score (nSPS) is 11.2. The van der Waals surface area contributed by atoms with Crippen LogP contribution in [-0.2, 0) is 24.4 Å². The summed E-state index contributed by atoms with van der Waals surface area (Å²) in [6.07, 6.45) is 3.34. The van der Waals surface area contributed by atoms with E-state index in [1.54, 1.807) is 17.8 Å². The minimum atomic E-state index is -0.736. The number of imidazole rings is 1. The number of carbonyl (C=O) groups excluding carboxylic acids is 2. The zero-order valence-corrected chi connectivity index (χ0v) is 16.8. The number of aromatic nitrogens is 4. The minimum Gasteiger partial charge on any atom is -0.338 e. The molecule has 2 heterocycles. The maximum atomic E-state index is 13.0. The Morgan fingerprint density at radius 3 is 2.50 bits per heavy atom. The van der Waals surface area contributed by atoms with Gasteiger partial charge in [0.2, 0.25) is 5.91 Å². The number of carbonyl (C=O) groups is 2. The van der Waals surface area contributed by atoms with E-state index in [0.717, 1.165) is 17.4 Å². The van der Waals surface area contributed by atoms with Crippen molar-refractivity contribution in [3.63, 3.8) is 0 Å². The summed E-state index contributed by atoms with van der Waals surface area (Å²) in [5.41, 5.74) is -0.586. The highest BCUT2D eigenvalue weighted by atomic mass is 16.2. The molecule has 10 heteroatoms. The lowest BCUT2D eigenvalue weighted by atomic mass is 10.2. The summed E-state index contributed by atoms with van der Waals surface area (Å²) in [4.78, 5) is 53.9. The third kappa shape index (κ3) is 4.68. The summed E-state index contributed by atoms with van der Waals surface area (Å²) in [7, 11) is 0. The molecular formula is C18H28N6O4. The van der Waals surface area contributed by atoms with Gasteiger partial charge in [0.1, 0.15) is 6.54 Å². The Morgan fingerprint density at radius 1 is 1.18 bits per heavy atom. The molecule has 10 nitrogen and oxygen atoms in total. The highest BCUT2D eigenvalue weighted by molar-refractivity contribution is 5.94. The van der Waals surface area contributed by atoms with Crippen LogP contribution >= 0.6 is 0 Å². The molecule has 2 rings (SSSR count). The van der Waals surface area contributed by atoms with Gasteiger partial charge in [-0.15, -0.1) is 0 Å². The molecule has 2 aromatic heterocycles. The Hall–Kier alpha value is -2.91. The zero-order chi connectivity index (χ0) is 20.8. The molecule has 0 fully saturated rings. The van der Waals surface area contributed by atoms with Gasteiger partial charge in [0.05, 0.1) is 6.33 Å². The molecule has 0 aromatic carbocycles. The lowest BCUT2D eigenvalue weighted by molar-refractivity contribution is -0.120. The van der Waals surface area contributed by atoms with E-state index in [1.807, 2.05) is 20.8 Å². The van der Waals surface area contributed by atoms with Gasteiger partial charge >= 0.3 is 11.7 Å². The average Bonchev–Trinajstić information content (AvgIpc) is 3.04. The smallest absolute Gasteiger partial charge is 0.333 e. The van der Waals surface area contributed by atoms with Gasteiger partial charge in [0, 0.05) is 19.6 Å². The minimum absolute atomic E-state index is 0.136. The van der Waals surface area contributed by atoms with Crippen LogP contribution in [0.15, 0.2) is 15.9 Å². The van der Waals surface area contributed by atoms with Crippen molar-refractivity contribution in [2.75, 3.05) is 6.54 Å². The molecule has 0 atom stereocenters. The Balaban J connectivity index is 2.54. The summed E-state index contributed by atoms with van der Waals surface area (Å²) in [6.45, 7) is 8.41. The van der Waals surface area contributed by atoms with Crippen LogP contribution in [0.25, 0.3) is 11.2 Å². The third-order valence-corrected chi connectivity index (χ3v) is 4.18. The first kappa shape index (κ1) is 21.4. The molecule has 0 radical (unpaired) electrons. The number of nitrogens with one attached hydrogen (secondary N) is 2. The Kier molecular flexibility index (Phi) is 7.13. The molecular weight excluding hydrogens is 364 g/mol. The van der Waals surface area contributed by atoms with Crippen LogP contribution < -0.4 is 21.9 Å². The molecule has 0 aliphatic rings. The van der Waals surface area contributed by atoms with Crippen molar-refractivity contribution in [1.82, 2.24) is 29.3 Å². The van der Waals surface area contributed by atoms with E-state index < -0.39 is 29.7 Å². The van der Waals surface area contributed by atoms with Crippen molar-refractivity contribution in [3.8, 4) is 0 Å². The molecule has 2 N–H and O–H groups in total. The van der Waals surface area contributed by atoms with E-state index in [9.17, 15) is 19.2 Å². The predicted octanol–water partition coefficient (Wildman–Crippen LogP) is 0.662. The van der Waals surface area contributed by atoms with Crippen molar-refractivity contribution in [2.45, 2.75) is 60.2 Å². The topological polar surface area (TPSA) is 120 Å². The molecule has 0 saturated carbocycles. The van der Waals surface area contributed by atoms with Crippen molar-refractivity contribution in [3.05, 3.63) is 27.2 Å². The van der Waals surface area contributed by atoms with Crippen molar-refractivity contribution < 1.29 is 9.59 Å². The maximum absolute atomic E-state index is 13.0. The highest BCUT2D eigenvalue weighted by Gasteiger charge is 2.20. The first-order valence-corrected chi connectivity index (χ1v) is 9.56. The summed E-state index contributed by atoms with van der Waals surface area (Å²) in [6, 6.07) is -0.669. The van der Waals surface area contributed by atoms with Crippen molar-refractivity contribution >= 4 is 23.1 Å². The first-order chi connectivity index (χ1) is 13.3. The predicted molar refractivity (Wildman–Crippen MR) is 105 cm³/mol. The lowest BCUT2D eigenvalue weighted by Crippen LogP contribution is -2.47. The summed E-state index contributed by atoms with van der Waals surface area (Å²) < 4.78 is 4.00. The number of hydrogen-bond donors (Lipinski definition) is 2. The van der Waals surface area contributed by atoms with Crippen LogP contribution in [0.2, 0.25) is 0 Å². The van der Waals surface area contributed by atoms with E-state index >= 15 is 0 Å². The number of imide groups is 1. The highest BCUT2D eigenvalue weighted by Crippen LogP contribution is 2.10. The first-order valence-electron chi connectivity index (χ1n) is 9.56. The molecule has 28 heavy (non-hydrogen) atoms. The number of unbranched alkanes of at least 4 members (excludes halogenated alkanes) is 1. The number of nitrogens with zero attached hydrogens (tertiary/aromatic N) is 4.